The normalized spacial score (nSPS) is 11.4. The molecule has 140 valence electrons. The summed E-state index contributed by atoms with van der Waals surface area (Å²) in [5.41, 5.74) is 4.59. The zero-order chi connectivity index (χ0) is 18.7. The highest BCUT2D eigenvalue weighted by Crippen LogP contribution is 2.17. The first-order valence-electron chi connectivity index (χ1n) is 9.42. The van der Waals surface area contributed by atoms with E-state index in [0.717, 1.165) is 48.7 Å². The molecule has 0 atom stereocenters. The van der Waals surface area contributed by atoms with E-state index in [-0.39, 0.29) is 0 Å². The van der Waals surface area contributed by atoms with Gasteiger partial charge in [0, 0.05) is 32.6 Å². The van der Waals surface area contributed by atoms with Crippen LogP contribution in [-0.2, 0) is 33.4 Å². The number of nitrogens with zero attached hydrogens (tertiary/aromatic N) is 7. The molecule has 0 saturated heterocycles. The van der Waals surface area contributed by atoms with Crippen molar-refractivity contribution in [2.75, 3.05) is 0 Å². The molecular weight excluding hydrogens is 326 g/mol. The molecule has 26 heavy (non-hydrogen) atoms. The molecule has 3 aromatic rings. The summed E-state index contributed by atoms with van der Waals surface area (Å²) in [5.74, 6) is 1.92. The van der Waals surface area contributed by atoms with Crippen molar-refractivity contribution in [3.05, 3.63) is 41.0 Å². The van der Waals surface area contributed by atoms with Gasteiger partial charge in [0.2, 0.25) is 0 Å². The van der Waals surface area contributed by atoms with E-state index in [0.29, 0.717) is 0 Å². The van der Waals surface area contributed by atoms with Crippen LogP contribution >= 0.6 is 0 Å². The first-order chi connectivity index (χ1) is 12.5. The van der Waals surface area contributed by atoms with Crippen LogP contribution in [0, 0.1) is 13.8 Å². The number of rotatable bonds is 8. The van der Waals surface area contributed by atoms with E-state index in [1.165, 1.54) is 24.1 Å². The molecule has 0 N–H and O–H groups in total. The third kappa shape index (κ3) is 3.86. The van der Waals surface area contributed by atoms with Crippen LogP contribution in [-0.4, -0.2) is 34.3 Å². The van der Waals surface area contributed by atoms with Gasteiger partial charge in [0.15, 0.2) is 5.82 Å². The van der Waals surface area contributed by atoms with Gasteiger partial charge in [-0.3, -0.25) is 9.36 Å². The SMILES string of the molecule is CCCCCc1nc(CCc2c(C)nn(C)c2C)n(-c2cnn(C)c2)n1. The van der Waals surface area contributed by atoms with Crippen LogP contribution in [0.25, 0.3) is 5.69 Å². The molecule has 3 aromatic heterocycles. The average molecular weight is 355 g/mol. The van der Waals surface area contributed by atoms with Gasteiger partial charge in [-0.25, -0.2) is 9.67 Å². The summed E-state index contributed by atoms with van der Waals surface area (Å²) >= 11 is 0. The van der Waals surface area contributed by atoms with Crippen molar-refractivity contribution in [2.45, 2.75) is 59.3 Å². The van der Waals surface area contributed by atoms with Gasteiger partial charge in [0.25, 0.3) is 0 Å². The zero-order valence-electron chi connectivity index (χ0n) is 16.5. The Morgan fingerprint density at radius 2 is 1.81 bits per heavy atom. The fraction of sp³-hybridized carbons (Fsp3) is 0.579. The van der Waals surface area contributed by atoms with Gasteiger partial charge in [-0.15, -0.1) is 0 Å². The lowest BCUT2D eigenvalue weighted by Crippen LogP contribution is -2.05. The molecule has 0 aliphatic rings. The Morgan fingerprint density at radius 3 is 2.42 bits per heavy atom. The fourth-order valence-corrected chi connectivity index (χ4v) is 3.33. The third-order valence-corrected chi connectivity index (χ3v) is 4.92. The molecule has 3 heterocycles. The lowest BCUT2D eigenvalue weighted by molar-refractivity contribution is 0.689. The number of unbranched alkanes of at least 4 members (excludes halogenated alkanes) is 2. The van der Waals surface area contributed by atoms with E-state index in [1.807, 2.05) is 35.9 Å². The van der Waals surface area contributed by atoms with E-state index in [9.17, 15) is 0 Å². The monoisotopic (exact) mass is 355 g/mol. The van der Waals surface area contributed by atoms with E-state index in [4.69, 9.17) is 10.1 Å². The molecule has 0 bridgehead atoms. The van der Waals surface area contributed by atoms with Crippen LogP contribution in [0.1, 0.15) is 54.8 Å². The highest BCUT2D eigenvalue weighted by Gasteiger charge is 2.15. The van der Waals surface area contributed by atoms with Crippen molar-refractivity contribution >= 4 is 0 Å². The molecular formula is C19H29N7. The molecule has 0 aliphatic heterocycles. The summed E-state index contributed by atoms with van der Waals surface area (Å²) < 4.78 is 5.70. The second-order valence-electron chi connectivity index (χ2n) is 6.96. The van der Waals surface area contributed by atoms with Gasteiger partial charge in [-0.1, -0.05) is 19.8 Å². The van der Waals surface area contributed by atoms with E-state index in [1.54, 1.807) is 4.68 Å². The highest BCUT2D eigenvalue weighted by atomic mass is 15.4. The Bertz CT molecular complexity index is 869. The molecule has 0 radical (unpaired) electrons. The Balaban J connectivity index is 1.84. The third-order valence-electron chi connectivity index (χ3n) is 4.92. The minimum absolute atomic E-state index is 0.836. The van der Waals surface area contributed by atoms with Crippen LogP contribution in [0.3, 0.4) is 0 Å². The van der Waals surface area contributed by atoms with Crippen LogP contribution in [0.15, 0.2) is 12.4 Å². The molecule has 3 rings (SSSR count). The summed E-state index contributed by atoms with van der Waals surface area (Å²) in [7, 11) is 3.92. The number of hydrogen-bond acceptors (Lipinski definition) is 4. The fourth-order valence-electron chi connectivity index (χ4n) is 3.33. The van der Waals surface area contributed by atoms with Crippen molar-refractivity contribution in [3.8, 4) is 5.69 Å². The quantitative estimate of drug-likeness (QED) is 0.583. The molecule has 0 unspecified atom stereocenters. The minimum Gasteiger partial charge on any atom is -0.274 e. The molecule has 7 heteroatoms. The topological polar surface area (TPSA) is 66.3 Å². The zero-order valence-corrected chi connectivity index (χ0v) is 16.5. The van der Waals surface area contributed by atoms with Crippen LogP contribution in [0.2, 0.25) is 0 Å². The summed E-state index contributed by atoms with van der Waals surface area (Å²) in [6.07, 6.45) is 10.1. The van der Waals surface area contributed by atoms with Crippen molar-refractivity contribution < 1.29 is 0 Å². The second-order valence-corrected chi connectivity index (χ2v) is 6.96. The lowest BCUT2D eigenvalue weighted by Gasteiger charge is -2.04. The van der Waals surface area contributed by atoms with Crippen molar-refractivity contribution in [1.29, 1.82) is 0 Å². The van der Waals surface area contributed by atoms with Gasteiger partial charge < -0.3 is 0 Å². The van der Waals surface area contributed by atoms with Crippen molar-refractivity contribution in [3.63, 3.8) is 0 Å². The van der Waals surface area contributed by atoms with Gasteiger partial charge in [0.1, 0.15) is 11.5 Å². The van der Waals surface area contributed by atoms with E-state index >= 15 is 0 Å². The standard InChI is InChI=1S/C19H29N7/c1-6-7-8-9-18-21-19(26(23-18)16-12-20-24(4)13-16)11-10-17-14(2)22-25(5)15(17)3/h12-13H,6-11H2,1-5H3. The van der Waals surface area contributed by atoms with Crippen LogP contribution in [0.5, 0.6) is 0 Å². The predicted molar refractivity (Wildman–Crippen MR) is 101 cm³/mol. The van der Waals surface area contributed by atoms with E-state index in [2.05, 4.69) is 31.0 Å². The molecule has 0 aliphatic carbocycles. The molecule has 0 amide bonds. The van der Waals surface area contributed by atoms with Gasteiger partial charge in [-0.05, 0) is 32.3 Å². The van der Waals surface area contributed by atoms with Crippen LogP contribution in [0.4, 0.5) is 0 Å². The maximum atomic E-state index is 4.84. The van der Waals surface area contributed by atoms with Gasteiger partial charge >= 0.3 is 0 Å². The summed E-state index contributed by atoms with van der Waals surface area (Å²) in [6, 6.07) is 0. The summed E-state index contributed by atoms with van der Waals surface area (Å²) in [4.78, 5) is 4.84. The molecule has 7 nitrogen and oxygen atoms in total. The largest absolute Gasteiger partial charge is 0.274 e. The minimum atomic E-state index is 0.836. The molecule has 0 aromatic carbocycles. The number of aryl methyl sites for hydroxylation is 5. The van der Waals surface area contributed by atoms with Crippen molar-refractivity contribution in [2.24, 2.45) is 14.1 Å². The maximum Gasteiger partial charge on any atom is 0.151 e. The van der Waals surface area contributed by atoms with Crippen LogP contribution < -0.4 is 0 Å². The van der Waals surface area contributed by atoms with Crippen molar-refractivity contribution in [1.82, 2.24) is 34.3 Å². The summed E-state index contributed by atoms with van der Waals surface area (Å²) in [6.45, 7) is 6.41. The smallest absolute Gasteiger partial charge is 0.151 e. The maximum absolute atomic E-state index is 4.84. The van der Waals surface area contributed by atoms with Gasteiger partial charge in [-0.2, -0.15) is 15.3 Å². The Kier molecular flexibility index (Phi) is 5.54. The first-order valence-corrected chi connectivity index (χ1v) is 9.42. The highest BCUT2D eigenvalue weighted by molar-refractivity contribution is 5.28. The Hall–Kier alpha value is -2.44. The van der Waals surface area contributed by atoms with Gasteiger partial charge in [0.05, 0.1) is 18.1 Å². The van der Waals surface area contributed by atoms with E-state index < -0.39 is 0 Å². The Labute approximate surface area is 155 Å². The first kappa shape index (κ1) is 18.4. The predicted octanol–water partition coefficient (Wildman–Crippen LogP) is 2.87. The molecule has 0 fully saturated rings. The number of hydrogen-bond donors (Lipinski definition) is 0. The second kappa shape index (κ2) is 7.85. The number of aromatic nitrogens is 7. The summed E-state index contributed by atoms with van der Waals surface area (Å²) in [5, 5.41) is 13.6. The Morgan fingerprint density at radius 1 is 1.00 bits per heavy atom. The molecule has 0 spiro atoms. The molecule has 0 saturated carbocycles. The average Bonchev–Trinajstić information content (AvgIpc) is 3.26. The lowest BCUT2D eigenvalue weighted by atomic mass is 10.1.